The summed E-state index contributed by atoms with van der Waals surface area (Å²) in [4.78, 5) is 12.2. The summed E-state index contributed by atoms with van der Waals surface area (Å²) in [5.41, 5.74) is 0.905. The number of nitrogens with zero attached hydrogens (tertiary/aromatic N) is 2. The molecule has 0 saturated heterocycles. The molecule has 2 aromatic rings. The Morgan fingerprint density at radius 3 is 2.71 bits per heavy atom. The van der Waals surface area contributed by atoms with Gasteiger partial charge >= 0.3 is 0 Å². The molecule has 1 aliphatic rings. The molecule has 0 aliphatic heterocycles. The number of benzene rings is 1. The van der Waals surface area contributed by atoms with Gasteiger partial charge < -0.3 is 14.8 Å². The molecular formula is C18H23N3O3. The normalized spacial score (nSPS) is 14.6. The molecule has 1 N–H and O–H groups in total. The van der Waals surface area contributed by atoms with Crippen LogP contribution in [0.25, 0.3) is 0 Å². The zero-order valence-corrected chi connectivity index (χ0v) is 14.1. The van der Waals surface area contributed by atoms with Crippen LogP contribution < -0.4 is 14.8 Å². The summed E-state index contributed by atoms with van der Waals surface area (Å²) in [6, 6.07) is 9.55. The maximum Gasteiger partial charge on any atom is 0.263 e. The highest BCUT2D eigenvalue weighted by atomic mass is 16.5. The van der Waals surface area contributed by atoms with E-state index in [0.29, 0.717) is 17.5 Å². The van der Waals surface area contributed by atoms with Crippen molar-refractivity contribution in [3.63, 3.8) is 0 Å². The minimum Gasteiger partial charge on any atom is -0.493 e. The van der Waals surface area contributed by atoms with Crippen molar-refractivity contribution >= 4 is 11.7 Å². The number of rotatable bonds is 6. The number of anilines is 1. The second kappa shape index (κ2) is 7.38. The van der Waals surface area contributed by atoms with Gasteiger partial charge in [-0.05, 0) is 31.9 Å². The Kier molecular flexibility index (Phi) is 5.03. The molecule has 0 bridgehead atoms. The first-order valence-corrected chi connectivity index (χ1v) is 8.29. The van der Waals surface area contributed by atoms with Crippen molar-refractivity contribution in [2.75, 3.05) is 19.0 Å². The lowest BCUT2D eigenvalue weighted by Gasteiger charge is -2.15. The fourth-order valence-corrected chi connectivity index (χ4v) is 3.10. The van der Waals surface area contributed by atoms with Gasteiger partial charge in [0, 0.05) is 6.07 Å². The van der Waals surface area contributed by atoms with Crippen molar-refractivity contribution in [1.29, 1.82) is 0 Å². The second-order valence-electron chi connectivity index (χ2n) is 6.04. The fourth-order valence-electron chi connectivity index (χ4n) is 3.10. The third-order valence-electron chi connectivity index (χ3n) is 4.22. The number of aryl methyl sites for hydroxylation is 1. The van der Waals surface area contributed by atoms with E-state index in [0.717, 1.165) is 24.4 Å². The molecule has 1 heterocycles. The van der Waals surface area contributed by atoms with Crippen LogP contribution in [0.2, 0.25) is 0 Å². The molecular weight excluding hydrogens is 306 g/mol. The first kappa shape index (κ1) is 16.4. The van der Waals surface area contributed by atoms with Gasteiger partial charge in [0.2, 0.25) is 0 Å². The van der Waals surface area contributed by atoms with Crippen LogP contribution >= 0.6 is 0 Å². The van der Waals surface area contributed by atoms with Crippen LogP contribution in [0.1, 0.15) is 37.4 Å². The van der Waals surface area contributed by atoms with Crippen LogP contribution in [-0.4, -0.2) is 29.4 Å². The third-order valence-corrected chi connectivity index (χ3v) is 4.22. The number of ether oxygens (including phenoxy) is 2. The second-order valence-corrected chi connectivity index (χ2v) is 6.04. The monoisotopic (exact) mass is 329 g/mol. The first-order chi connectivity index (χ1) is 11.7. The van der Waals surface area contributed by atoms with Gasteiger partial charge in [0.15, 0.2) is 18.1 Å². The highest BCUT2D eigenvalue weighted by molar-refractivity contribution is 5.91. The molecule has 1 aliphatic carbocycles. The largest absolute Gasteiger partial charge is 0.493 e. The number of nitrogens with one attached hydrogen (secondary N) is 1. The Hall–Kier alpha value is -2.50. The number of aromatic nitrogens is 2. The van der Waals surface area contributed by atoms with E-state index in [-0.39, 0.29) is 12.5 Å². The molecule has 0 radical (unpaired) electrons. The van der Waals surface area contributed by atoms with Crippen LogP contribution in [-0.2, 0) is 4.79 Å². The third kappa shape index (κ3) is 3.69. The zero-order valence-electron chi connectivity index (χ0n) is 14.1. The van der Waals surface area contributed by atoms with Crippen molar-refractivity contribution < 1.29 is 14.3 Å². The van der Waals surface area contributed by atoms with E-state index < -0.39 is 0 Å². The predicted molar refractivity (Wildman–Crippen MR) is 91.6 cm³/mol. The van der Waals surface area contributed by atoms with Crippen LogP contribution in [0, 0.1) is 6.92 Å². The van der Waals surface area contributed by atoms with Gasteiger partial charge in [-0.1, -0.05) is 25.0 Å². The molecule has 24 heavy (non-hydrogen) atoms. The van der Waals surface area contributed by atoms with E-state index in [4.69, 9.17) is 9.47 Å². The maximum absolute atomic E-state index is 12.2. The molecule has 128 valence electrons. The van der Waals surface area contributed by atoms with Gasteiger partial charge in [0.05, 0.1) is 18.8 Å². The SMILES string of the molecule is COc1ccccc1OCC(=O)Nc1cc(C)nn1C1CCCC1. The number of carbonyl (C=O) groups is 1. The minimum atomic E-state index is -0.208. The molecule has 0 atom stereocenters. The molecule has 1 saturated carbocycles. The Balaban J connectivity index is 1.63. The average Bonchev–Trinajstić information content (AvgIpc) is 3.22. The molecule has 6 heteroatoms. The van der Waals surface area contributed by atoms with Crippen molar-refractivity contribution in [3.8, 4) is 11.5 Å². The van der Waals surface area contributed by atoms with Gasteiger partial charge in [-0.15, -0.1) is 0 Å². The van der Waals surface area contributed by atoms with Crippen molar-refractivity contribution in [1.82, 2.24) is 9.78 Å². The molecule has 3 rings (SSSR count). The Morgan fingerprint density at radius 2 is 2.00 bits per heavy atom. The summed E-state index contributed by atoms with van der Waals surface area (Å²) in [6.07, 6.45) is 4.66. The quantitative estimate of drug-likeness (QED) is 0.883. The Labute approximate surface area is 141 Å². The van der Waals surface area contributed by atoms with E-state index in [1.54, 1.807) is 19.2 Å². The van der Waals surface area contributed by atoms with E-state index in [9.17, 15) is 4.79 Å². The standard InChI is InChI=1S/C18H23N3O3/c1-13-11-17(21(20-13)14-7-3-4-8-14)19-18(22)12-24-16-10-6-5-9-15(16)23-2/h5-6,9-11,14H,3-4,7-8,12H2,1-2H3,(H,19,22). The number of para-hydroxylation sites is 2. The predicted octanol–water partition coefficient (Wildman–Crippen LogP) is 3.33. The average molecular weight is 329 g/mol. The zero-order chi connectivity index (χ0) is 16.9. The lowest BCUT2D eigenvalue weighted by atomic mass is 10.2. The summed E-state index contributed by atoms with van der Waals surface area (Å²) < 4.78 is 12.7. The number of hydrogen-bond donors (Lipinski definition) is 1. The summed E-state index contributed by atoms with van der Waals surface area (Å²) in [6.45, 7) is 1.86. The van der Waals surface area contributed by atoms with Gasteiger partial charge in [0.1, 0.15) is 5.82 Å². The Bertz CT molecular complexity index is 705. The summed E-state index contributed by atoms with van der Waals surface area (Å²) in [5.74, 6) is 1.70. The highest BCUT2D eigenvalue weighted by Gasteiger charge is 2.21. The van der Waals surface area contributed by atoms with Crippen LogP contribution in [0.5, 0.6) is 11.5 Å². The lowest BCUT2D eigenvalue weighted by Crippen LogP contribution is -2.23. The van der Waals surface area contributed by atoms with E-state index in [1.807, 2.05) is 29.8 Å². The fraction of sp³-hybridized carbons (Fsp3) is 0.444. The molecule has 1 amide bonds. The number of amides is 1. The van der Waals surface area contributed by atoms with Gasteiger partial charge in [-0.3, -0.25) is 4.79 Å². The van der Waals surface area contributed by atoms with E-state index in [1.165, 1.54) is 12.8 Å². The van der Waals surface area contributed by atoms with Crippen LogP contribution in [0.4, 0.5) is 5.82 Å². The molecule has 1 fully saturated rings. The van der Waals surface area contributed by atoms with E-state index in [2.05, 4.69) is 10.4 Å². The molecule has 1 aromatic carbocycles. The summed E-state index contributed by atoms with van der Waals surface area (Å²) in [7, 11) is 1.57. The minimum absolute atomic E-state index is 0.0741. The van der Waals surface area contributed by atoms with Gasteiger partial charge in [-0.2, -0.15) is 5.10 Å². The molecule has 1 aromatic heterocycles. The lowest BCUT2D eigenvalue weighted by molar-refractivity contribution is -0.118. The Morgan fingerprint density at radius 1 is 1.29 bits per heavy atom. The smallest absolute Gasteiger partial charge is 0.263 e. The number of carbonyl (C=O) groups excluding carboxylic acids is 1. The van der Waals surface area contributed by atoms with Crippen molar-refractivity contribution in [2.45, 2.75) is 38.6 Å². The highest BCUT2D eigenvalue weighted by Crippen LogP contribution is 2.32. The van der Waals surface area contributed by atoms with Crippen molar-refractivity contribution in [3.05, 3.63) is 36.0 Å². The van der Waals surface area contributed by atoms with Gasteiger partial charge in [0.25, 0.3) is 5.91 Å². The summed E-state index contributed by atoms with van der Waals surface area (Å²) >= 11 is 0. The molecule has 0 spiro atoms. The molecule has 6 nitrogen and oxygen atoms in total. The maximum atomic E-state index is 12.2. The number of hydrogen-bond acceptors (Lipinski definition) is 4. The van der Waals surface area contributed by atoms with Crippen LogP contribution in [0.15, 0.2) is 30.3 Å². The van der Waals surface area contributed by atoms with Crippen molar-refractivity contribution in [2.24, 2.45) is 0 Å². The first-order valence-electron chi connectivity index (χ1n) is 8.29. The topological polar surface area (TPSA) is 65.4 Å². The van der Waals surface area contributed by atoms with Gasteiger partial charge in [-0.25, -0.2) is 4.68 Å². The number of methoxy groups -OCH3 is 1. The summed E-state index contributed by atoms with van der Waals surface area (Å²) in [5, 5.41) is 7.44. The molecule has 0 unspecified atom stereocenters. The van der Waals surface area contributed by atoms with Crippen LogP contribution in [0.3, 0.4) is 0 Å². The van der Waals surface area contributed by atoms with E-state index >= 15 is 0 Å².